The molecule has 4 atom stereocenters. The number of hydrogen-bond acceptors (Lipinski definition) is 2. The number of benzene rings is 1. The molecule has 0 unspecified atom stereocenters. The predicted molar refractivity (Wildman–Crippen MR) is 81.3 cm³/mol. The van der Waals surface area contributed by atoms with Gasteiger partial charge in [-0.2, -0.15) is 0 Å². The first kappa shape index (κ1) is 13.7. The molecule has 106 valence electrons. The average molecular weight is 269 g/mol. The van der Waals surface area contributed by atoms with E-state index in [1.54, 1.807) is 0 Å². The molecule has 20 heavy (non-hydrogen) atoms. The molecule has 0 aromatic heterocycles. The lowest BCUT2D eigenvalue weighted by molar-refractivity contribution is -0.0438. The Hall–Kier alpha value is -1.30. The summed E-state index contributed by atoms with van der Waals surface area (Å²) in [6.07, 6.45) is 5.54. The summed E-state index contributed by atoms with van der Waals surface area (Å²) in [7, 11) is 0. The van der Waals surface area contributed by atoms with Crippen LogP contribution in [0, 0.1) is 11.8 Å². The molecule has 2 aliphatic rings. The lowest BCUT2D eigenvalue weighted by Gasteiger charge is -2.48. The fourth-order valence-electron chi connectivity index (χ4n) is 3.65. The highest BCUT2D eigenvalue weighted by molar-refractivity contribution is 5.35. The first-order chi connectivity index (χ1) is 9.75. The fraction of sp³-hybridized carbons (Fsp3) is 0.556. The maximum atomic E-state index is 10.1. The van der Waals surface area contributed by atoms with E-state index in [9.17, 15) is 5.11 Å². The van der Waals surface area contributed by atoms with E-state index in [1.807, 2.05) is 18.2 Å². The van der Waals surface area contributed by atoms with Crippen molar-refractivity contribution in [1.29, 1.82) is 0 Å². The lowest BCUT2D eigenvalue weighted by Crippen LogP contribution is -2.57. The third kappa shape index (κ3) is 2.75. The molecule has 3 rings (SSSR count). The second kappa shape index (κ2) is 5.99. The van der Waals surface area contributed by atoms with Crippen LogP contribution in [0.5, 0.6) is 0 Å². The second-order valence-electron chi connectivity index (χ2n) is 6.07. The van der Waals surface area contributed by atoms with Gasteiger partial charge in [0.25, 0.3) is 0 Å². The first-order valence-electron chi connectivity index (χ1n) is 7.78. The molecule has 1 N–H and O–H groups in total. The minimum absolute atomic E-state index is 0.189. The SMILES string of the molecule is C[C@H]1[C@H](O)CC[C@H]2CCC[C@H](C#Cc3ccccc3)N21. The zero-order valence-electron chi connectivity index (χ0n) is 12.1. The minimum Gasteiger partial charge on any atom is -0.392 e. The Bertz CT molecular complexity index is 499. The van der Waals surface area contributed by atoms with E-state index in [0.29, 0.717) is 12.1 Å². The van der Waals surface area contributed by atoms with Crippen LogP contribution in [-0.4, -0.2) is 34.2 Å². The first-order valence-corrected chi connectivity index (χ1v) is 7.78. The predicted octanol–water partition coefficient (Wildman–Crippen LogP) is 2.80. The molecule has 0 amide bonds. The summed E-state index contributed by atoms with van der Waals surface area (Å²) in [5.41, 5.74) is 1.08. The van der Waals surface area contributed by atoms with E-state index in [2.05, 4.69) is 35.8 Å². The molecule has 2 nitrogen and oxygen atoms in total. The molecule has 0 bridgehead atoms. The standard InChI is InChI=1S/C18H23NO/c1-14-18(20)13-12-17-9-5-8-16(19(14)17)11-10-15-6-3-2-4-7-15/h2-4,6-7,14,16-18,20H,5,8-9,12-13H2,1H3/t14-,16+,17+,18+/m0/s1. The summed E-state index contributed by atoms with van der Waals surface area (Å²) in [5, 5.41) is 10.1. The van der Waals surface area contributed by atoms with E-state index >= 15 is 0 Å². The van der Waals surface area contributed by atoms with Crippen LogP contribution in [0.4, 0.5) is 0 Å². The Kier molecular flexibility index (Phi) is 4.10. The van der Waals surface area contributed by atoms with Gasteiger partial charge in [0.15, 0.2) is 0 Å². The highest BCUT2D eigenvalue weighted by Gasteiger charge is 2.39. The highest BCUT2D eigenvalue weighted by atomic mass is 16.3. The quantitative estimate of drug-likeness (QED) is 0.732. The van der Waals surface area contributed by atoms with Crippen molar-refractivity contribution in [3.63, 3.8) is 0 Å². The molecule has 2 heteroatoms. The van der Waals surface area contributed by atoms with Crippen LogP contribution >= 0.6 is 0 Å². The number of aliphatic hydroxyl groups excluding tert-OH is 1. The monoisotopic (exact) mass is 269 g/mol. The van der Waals surface area contributed by atoms with E-state index < -0.39 is 0 Å². The van der Waals surface area contributed by atoms with Gasteiger partial charge in [-0.15, -0.1) is 0 Å². The zero-order chi connectivity index (χ0) is 13.9. The maximum Gasteiger partial charge on any atom is 0.0723 e. The highest BCUT2D eigenvalue weighted by Crippen LogP contribution is 2.33. The van der Waals surface area contributed by atoms with Crippen LogP contribution in [0.1, 0.15) is 44.6 Å². The average Bonchev–Trinajstić information content (AvgIpc) is 2.50. The second-order valence-corrected chi connectivity index (χ2v) is 6.07. The van der Waals surface area contributed by atoms with Gasteiger partial charge in [0.05, 0.1) is 12.1 Å². The number of aliphatic hydroxyl groups is 1. The third-order valence-electron chi connectivity index (χ3n) is 4.78. The largest absolute Gasteiger partial charge is 0.392 e. The Labute approximate surface area is 121 Å². The van der Waals surface area contributed by atoms with Crippen molar-refractivity contribution in [1.82, 2.24) is 4.90 Å². The summed E-state index contributed by atoms with van der Waals surface area (Å²) in [4.78, 5) is 2.48. The number of nitrogens with zero attached hydrogens (tertiary/aromatic N) is 1. The van der Waals surface area contributed by atoms with Gasteiger partial charge in [-0.3, -0.25) is 4.90 Å². The van der Waals surface area contributed by atoms with Crippen LogP contribution in [0.15, 0.2) is 30.3 Å². The molecule has 0 aliphatic carbocycles. The molecule has 2 fully saturated rings. The fourth-order valence-corrected chi connectivity index (χ4v) is 3.65. The molecular formula is C18H23NO. The molecular weight excluding hydrogens is 246 g/mol. The van der Waals surface area contributed by atoms with Crippen LogP contribution in [0.25, 0.3) is 0 Å². The van der Waals surface area contributed by atoms with Crippen molar-refractivity contribution in [3.05, 3.63) is 35.9 Å². The van der Waals surface area contributed by atoms with Crippen molar-refractivity contribution in [2.75, 3.05) is 0 Å². The Morgan fingerprint density at radius 2 is 1.90 bits per heavy atom. The third-order valence-corrected chi connectivity index (χ3v) is 4.78. The Morgan fingerprint density at radius 3 is 2.70 bits per heavy atom. The smallest absolute Gasteiger partial charge is 0.0723 e. The van der Waals surface area contributed by atoms with Crippen molar-refractivity contribution in [2.24, 2.45) is 0 Å². The molecule has 0 spiro atoms. The molecule has 1 aromatic carbocycles. The van der Waals surface area contributed by atoms with Gasteiger partial charge in [-0.25, -0.2) is 0 Å². The number of hydrogen-bond donors (Lipinski definition) is 1. The topological polar surface area (TPSA) is 23.5 Å². The van der Waals surface area contributed by atoms with Gasteiger partial charge in [0, 0.05) is 17.6 Å². The summed E-state index contributed by atoms with van der Waals surface area (Å²) in [6, 6.07) is 11.4. The normalized spacial score (nSPS) is 33.9. The molecule has 0 saturated carbocycles. The summed E-state index contributed by atoms with van der Waals surface area (Å²) in [5.74, 6) is 6.76. The van der Waals surface area contributed by atoms with Gasteiger partial charge < -0.3 is 5.11 Å². The van der Waals surface area contributed by atoms with Crippen LogP contribution in [0.3, 0.4) is 0 Å². The summed E-state index contributed by atoms with van der Waals surface area (Å²) < 4.78 is 0. The van der Waals surface area contributed by atoms with Gasteiger partial charge in [0.1, 0.15) is 0 Å². The molecule has 2 aliphatic heterocycles. The Balaban J connectivity index is 1.80. The van der Waals surface area contributed by atoms with E-state index in [1.165, 1.54) is 12.8 Å². The van der Waals surface area contributed by atoms with E-state index in [0.717, 1.165) is 24.8 Å². The van der Waals surface area contributed by atoms with Crippen molar-refractivity contribution >= 4 is 0 Å². The number of piperidine rings is 2. The number of fused-ring (bicyclic) bond motifs is 1. The summed E-state index contributed by atoms with van der Waals surface area (Å²) >= 11 is 0. The van der Waals surface area contributed by atoms with E-state index in [4.69, 9.17) is 0 Å². The molecule has 1 aromatic rings. The zero-order valence-corrected chi connectivity index (χ0v) is 12.1. The summed E-state index contributed by atoms with van der Waals surface area (Å²) in [6.45, 7) is 2.15. The van der Waals surface area contributed by atoms with Crippen molar-refractivity contribution in [3.8, 4) is 11.8 Å². The van der Waals surface area contributed by atoms with Gasteiger partial charge in [-0.1, -0.05) is 30.0 Å². The number of rotatable bonds is 0. The van der Waals surface area contributed by atoms with E-state index in [-0.39, 0.29) is 12.1 Å². The Morgan fingerprint density at radius 1 is 1.10 bits per heavy atom. The van der Waals surface area contributed by atoms with Gasteiger partial charge in [0.2, 0.25) is 0 Å². The van der Waals surface area contributed by atoms with Gasteiger partial charge >= 0.3 is 0 Å². The minimum atomic E-state index is -0.189. The lowest BCUT2D eigenvalue weighted by atomic mass is 9.84. The van der Waals surface area contributed by atoms with Crippen LogP contribution in [-0.2, 0) is 0 Å². The molecule has 0 radical (unpaired) electrons. The molecule has 2 saturated heterocycles. The van der Waals surface area contributed by atoms with Crippen molar-refractivity contribution in [2.45, 2.75) is 63.3 Å². The van der Waals surface area contributed by atoms with Crippen molar-refractivity contribution < 1.29 is 5.11 Å². The van der Waals surface area contributed by atoms with Gasteiger partial charge in [-0.05, 0) is 51.2 Å². The maximum absolute atomic E-state index is 10.1. The molecule has 2 heterocycles. The van der Waals surface area contributed by atoms with Crippen LogP contribution in [0.2, 0.25) is 0 Å². The van der Waals surface area contributed by atoms with Crippen LogP contribution < -0.4 is 0 Å².